The van der Waals surface area contributed by atoms with Crippen LogP contribution in [0, 0.1) is 6.92 Å². The van der Waals surface area contributed by atoms with Crippen LogP contribution in [0.4, 0.5) is 5.13 Å². The highest BCUT2D eigenvalue weighted by molar-refractivity contribution is 8.00. The van der Waals surface area contributed by atoms with E-state index in [1.54, 1.807) is 18.5 Å². The van der Waals surface area contributed by atoms with E-state index in [9.17, 15) is 14.4 Å². The van der Waals surface area contributed by atoms with Crippen molar-refractivity contribution in [3.63, 3.8) is 0 Å². The minimum atomic E-state index is -0.442. The first-order valence-electron chi connectivity index (χ1n) is 11.0. The van der Waals surface area contributed by atoms with Crippen molar-refractivity contribution in [2.24, 2.45) is 0 Å². The predicted octanol–water partition coefficient (Wildman–Crippen LogP) is 1.29. The van der Waals surface area contributed by atoms with Crippen LogP contribution < -0.4 is 16.0 Å². The van der Waals surface area contributed by atoms with Crippen LogP contribution in [-0.4, -0.2) is 77.0 Å². The summed E-state index contributed by atoms with van der Waals surface area (Å²) < 4.78 is 6.77. The van der Waals surface area contributed by atoms with Crippen molar-refractivity contribution in [1.29, 1.82) is 0 Å². The van der Waals surface area contributed by atoms with Gasteiger partial charge in [-0.3, -0.25) is 4.79 Å². The number of aryl methyl sites for hydroxylation is 1. The van der Waals surface area contributed by atoms with Gasteiger partial charge >= 0.3 is 11.7 Å². The van der Waals surface area contributed by atoms with Crippen molar-refractivity contribution in [2.45, 2.75) is 38.1 Å². The molecule has 178 valence electrons. The predicted molar refractivity (Wildman–Crippen MR) is 128 cm³/mol. The summed E-state index contributed by atoms with van der Waals surface area (Å²) in [7, 11) is 2.08. The minimum Gasteiger partial charge on any atom is -0.462 e. The fourth-order valence-corrected chi connectivity index (χ4v) is 5.79. The second-order valence-electron chi connectivity index (χ2n) is 8.04. The molecule has 12 heteroatoms. The van der Waals surface area contributed by atoms with E-state index in [1.165, 1.54) is 11.8 Å². The lowest BCUT2D eigenvalue weighted by atomic mass is 10.3. The van der Waals surface area contributed by atoms with Crippen LogP contribution in [0.5, 0.6) is 0 Å². The number of hydrogen-bond donors (Lipinski definition) is 1. The lowest BCUT2D eigenvalue weighted by Crippen LogP contribution is -2.54. The third kappa shape index (κ3) is 5.22. The van der Waals surface area contributed by atoms with Gasteiger partial charge in [-0.2, -0.15) is 4.98 Å². The van der Waals surface area contributed by atoms with E-state index in [0.717, 1.165) is 68.0 Å². The average Bonchev–Trinajstić information content (AvgIpc) is 3.40. The minimum absolute atomic E-state index is 0.102. The van der Waals surface area contributed by atoms with Gasteiger partial charge in [0.15, 0.2) is 5.13 Å². The van der Waals surface area contributed by atoms with Gasteiger partial charge in [0, 0.05) is 31.7 Å². The smallest absolute Gasteiger partial charge is 0.367 e. The number of piperazine rings is 1. The van der Waals surface area contributed by atoms with Crippen LogP contribution >= 0.6 is 23.1 Å². The summed E-state index contributed by atoms with van der Waals surface area (Å²) in [5, 5.41) is 5.81. The standard InChI is InChI=1S/C21H28N6O4S2/c1-4-31-19(29)17-13(2)22-20(33-17)23-16(28)12-32-18-14-6-5-7-15(14)27(21(30)24-18)26-10-8-25(3)9-11-26/h4-12H2,1-3H3,(H,22,23,28). The topological polar surface area (TPSA) is 110 Å². The van der Waals surface area contributed by atoms with Crippen molar-refractivity contribution in [3.05, 3.63) is 32.3 Å². The summed E-state index contributed by atoms with van der Waals surface area (Å²) >= 11 is 2.36. The van der Waals surface area contributed by atoms with E-state index in [1.807, 2.05) is 0 Å². The maximum absolute atomic E-state index is 12.9. The average molecular weight is 493 g/mol. The van der Waals surface area contributed by atoms with Gasteiger partial charge in [-0.1, -0.05) is 23.1 Å². The summed E-state index contributed by atoms with van der Waals surface area (Å²) in [6, 6.07) is 0. The molecule has 0 spiro atoms. The van der Waals surface area contributed by atoms with Crippen LogP contribution in [0.2, 0.25) is 0 Å². The molecule has 0 unspecified atom stereocenters. The number of thioether (sulfide) groups is 1. The van der Waals surface area contributed by atoms with Gasteiger partial charge < -0.3 is 20.0 Å². The first kappa shape index (κ1) is 23.7. The Labute approximate surface area is 200 Å². The van der Waals surface area contributed by atoms with Gasteiger partial charge in [0.2, 0.25) is 5.91 Å². The van der Waals surface area contributed by atoms with E-state index in [4.69, 9.17) is 4.74 Å². The maximum Gasteiger partial charge on any atom is 0.367 e. The Bertz CT molecular complexity index is 1110. The van der Waals surface area contributed by atoms with Crippen molar-refractivity contribution >= 4 is 40.1 Å². The molecule has 1 aliphatic carbocycles. The molecule has 1 saturated heterocycles. The number of carbonyl (C=O) groups is 2. The largest absolute Gasteiger partial charge is 0.462 e. The summed E-state index contributed by atoms with van der Waals surface area (Å²) in [5.41, 5.74) is 2.34. The SMILES string of the molecule is CCOC(=O)c1sc(NC(=O)CSc2nc(=O)n(N3CCN(C)CC3)c3c2CCC3)nc1C. The normalized spacial score (nSPS) is 16.0. The van der Waals surface area contributed by atoms with Crippen molar-refractivity contribution in [1.82, 2.24) is 19.5 Å². The second-order valence-corrected chi connectivity index (χ2v) is 10.0. The second kappa shape index (κ2) is 10.2. The lowest BCUT2D eigenvalue weighted by Gasteiger charge is -2.35. The van der Waals surface area contributed by atoms with E-state index in [-0.39, 0.29) is 24.0 Å². The van der Waals surface area contributed by atoms with Crippen LogP contribution in [-0.2, 0) is 22.4 Å². The molecular formula is C21H28N6O4S2. The number of aromatic nitrogens is 3. The highest BCUT2D eigenvalue weighted by Crippen LogP contribution is 2.30. The number of esters is 1. The van der Waals surface area contributed by atoms with Gasteiger partial charge in [0.1, 0.15) is 9.90 Å². The zero-order valence-corrected chi connectivity index (χ0v) is 20.7. The summed E-state index contributed by atoms with van der Waals surface area (Å²) in [4.78, 5) is 48.6. The Hall–Kier alpha value is -2.44. The molecule has 0 radical (unpaired) electrons. The Morgan fingerprint density at radius 3 is 2.67 bits per heavy atom. The maximum atomic E-state index is 12.9. The highest BCUT2D eigenvalue weighted by Gasteiger charge is 2.26. The molecule has 3 heterocycles. The number of nitrogens with zero attached hydrogens (tertiary/aromatic N) is 5. The number of rotatable bonds is 7. The molecule has 0 aromatic carbocycles. The Morgan fingerprint density at radius 1 is 1.18 bits per heavy atom. The summed E-state index contributed by atoms with van der Waals surface area (Å²) in [5.74, 6) is -0.603. The molecule has 1 fully saturated rings. The number of hydrogen-bond acceptors (Lipinski definition) is 10. The Morgan fingerprint density at radius 2 is 1.94 bits per heavy atom. The molecule has 1 amide bonds. The monoisotopic (exact) mass is 492 g/mol. The van der Waals surface area contributed by atoms with Gasteiger partial charge in [-0.15, -0.1) is 0 Å². The number of anilines is 1. The van der Waals surface area contributed by atoms with Crippen LogP contribution in [0.25, 0.3) is 0 Å². The molecule has 33 heavy (non-hydrogen) atoms. The highest BCUT2D eigenvalue weighted by atomic mass is 32.2. The molecule has 2 aromatic heterocycles. The number of thiazole rings is 1. The fourth-order valence-electron chi connectivity index (χ4n) is 4.04. The third-order valence-corrected chi connectivity index (χ3v) is 7.76. The van der Waals surface area contributed by atoms with E-state index in [2.05, 4.69) is 32.2 Å². The van der Waals surface area contributed by atoms with Crippen LogP contribution in [0.3, 0.4) is 0 Å². The van der Waals surface area contributed by atoms with Crippen molar-refractivity contribution in [3.8, 4) is 0 Å². The van der Waals surface area contributed by atoms with Crippen LogP contribution in [0.15, 0.2) is 9.82 Å². The van der Waals surface area contributed by atoms with Crippen LogP contribution in [0.1, 0.15) is 40.0 Å². The molecule has 4 rings (SSSR count). The molecule has 2 aromatic rings. The fraction of sp³-hybridized carbons (Fsp3) is 0.571. The number of carbonyl (C=O) groups excluding carboxylic acids is 2. The van der Waals surface area contributed by atoms with Gasteiger partial charge in [0.25, 0.3) is 0 Å². The first-order chi connectivity index (χ1) is 15.9. The number of likely N-dealkylation sites (N-methyl/N-ethyl adjacent to an activating group) is 1. The molecule has 0 saturated carbocycles. The van der Waals surface area contributed by atoms with Gasteiger partial charge in [0.05, 0.1) is 23.7 Å². The van der Waals surface area contributed by atoms with E-state index < -0.39 is 5.97 Å². The molecule has 1 N–H and O–H groups in total. The van der Waals surface area contributed by atoms with E-state index in [0.29, 0.717) is 20.7 Å². The number of amides is 1. The number of fused-ring (bicyclic) bond motifs is 1. The molecule has 1 aliphatic heterocycles. The molecular weight excluding hydrogens is 464 g/mol. The van der Waals surface area contributed by atoms with E-state index >= 15 is 0 Å². The number of ether oxygens (including phenoxy) is 1. The van der Waals surface area contributed by atoms with Crippen molar-refractivity contribution in [2.75, 3.05) is 55.9 Å². The molecule has 0 bridgehead atoms. The molecule has 10 nitrogen and oxygen atoms in total. The zero-order valence-electron chi connectivity index (χ0n) is 19.0. The Balaban J connectivity index is 1.44. The Kier molecular flexibility index (Phi) is 7.35. The molecule has 0 atom stereocenters. The molecule has 2 aliphatic rings. The summed E-state index contributed by atoms with van der Waals surface area (Å²) in [6.07, 6.45) is 2.67. The van der Waals surface area contributed by atoms with Crippen molar-refractivity contribution < 1.29 is 14.3 Å². The summed E-state index contributed by atoms with van der Waals surface area (Å²) in [6.45, 7) is 7.12. The van der Waals surface area contributed by atoms with Gasteiger partial charge in [-0.25, -0.2) is 19.2 Å². The zero-order chi connectivity index (χ0) is 23.5. The quantitative estimate of drug-likeness (QED) is 0.347. The third-order valence-electron chi connectivity index (χ3n) is 5.69. The number of nitrogens with one attached hydrogen (secondary N) is 1. The lowest BCUT2D eigenvalue weighted by molar-refractivity contribution is -0.113. The first-order valence-corrected chi connectivity index (χ1v) is 12.8. The van der Waals surface area contributed by atoms with Gasteiger partial charge in [-0.05, 0) is 40.2 Å².